The van der Waals surface area contributed by atoms with Crippen LogP contribution in [0.4, 0.5) is 0 Å². The summed E-state index contributed by atoms with van der Waals surface area (Å²) in [5, 5.41) is 3.41. The van der Waals surface area contributed by atoms with Crippen LogP contribution >= 0.6 is 0 Å². The van der Waals surface area contributed by atoms with Gasteiger partial charge in [-0.15, -0.1) is 0 Å². The third kappa shape index (κ3) is 4.10. The Bertz CT molecular complexity index is 508. The second-order valence-electron chi connectivity index (χ2n) is 4.79. The highest BCUT2D eigenvalue weighted by Gasteiger charge is 2.06. The summed E-state index contributed by atoms with van der Waals surface area (Å²) in [6.45, 7) is 7.58. The Labute approximate surface area is 120 Å². The lowest BCUT2D eigenvalue weighted by molar-refractivity contribution is 0.294. The molecule has 0 atom stereocenters. The predicted octanol–water partition coefficient (Wildman–Crippen LogP) is 2.77. The van der Waals surface area contributed by atoms with Gasteiger partial charge in [0.25, 0.3) is 0 Å². The number of para-hydroxylation sites is 1. The largest absolute Gasteiger partial charge is 0.492 e. The fourth-order valence-electron chi connectivity index (χ4n) is 2.13. The average molecular weight is 273 g/mol. The molecule has 2 rings (SSSR count). The van der Waals surface area contributed by atoms with Crippen LogP contribution < -0.4 is 10.1 Å². The minimum atomic E-state index is 0.655. The van der Waals surface area contributed by atoms with Crippen LogP contribution in [-0.2, 0) is 13.1 Å². The zero-order valence-electron chi connectivity index (χ0n) is 12.3. The maximum atomic E-state index is 5.75. The molecule has 0 aliphatic carbocycles. The summed E-state index contributed by atoms with van der Waals surface area (Å²) >= 11 is 0. The van der Waals surface area contributed by atoms with E-state index in [9.17, 15) is 0 Å². The van der Waals surface area contributed by atoms with Crippen molar-refractivity contribution in [1.82, 2.24) is 14.9 Å². The Morgan fingerprint density at radius 2 is 2.05 bits per heavy atom. The molecular formula is C16H23N3O. The number of aromatic nitrogens is 2. The third-order valence-corrected chi connectivity index (χ3v) is 3.20. The van der Waals surface area contributed by atoms with Crippen molar-refractivity contribution in [2.75, 3.05) is 13.2 Å². The summed E-state index contributed by atoms with van der Waals surface area (Å²) in [4.78, 5) is 4.39. The average Bonchev–Trinajstić information content (AvgIpc) is 2.82. The first-order valence-corrected chi connectivity index (χ1v) is 7.21. The topological polar surface area (TPSA) is 39.1 Å². The number of nitrogens with zero attached hydrogens (tertiary/aromatic N) is 2. The Balaban J connectivity index is 1.87. The zero-order valence-corrected chi connectivity index (χ0v) is 12.3. The van der Waals surface area contributed by atoms with E-state index >= 15 is 0 Å². The molecule has 4 heteroatoms. The zero-order chi connectivity index (χ0) is 14.2. The van der Waals surface area contributed by atoms with Crippen LogP contribution in [-0.4, -0.2) is 22.7 Å². The first-order chi connectivity index (χ1) is 9.81. The lowest BCUT2D eigenvalue weighted by atomic mass is 10.3. The maximum absolute atomic E-state index is 5.75. The van der Waals surface area contributed by atoms with Gasteiger partial charge in [0.05, 0.1) is 12.2 Å². The molecule has 0 saturated heterocycles. The molecule has 20 heavy (non-hydrogen) atoms. The summed E-state index contributed by atoms with van der Waals surface area (Å²) in [7, 11) is 0. The first kappa shape index (κ1) is 14.6. The second-order valence-corrected chi connectivity index (χ2v) is 4.79. The molecule has 2 aromatic rings. The van der Waals surface area contributed by atoms with Crippen molar-refractivity contribution in [3.8, 4) is 5.75 Å². The number of benzene rings is 1. The minimum absolute atomic E-state index is 0.655. The van der Waals surface area contributed by atoms with E-state index in [4.69, 9.17) is 4.74 Å². The standard InChI is InChI=1S/C16H23N3O/c1-3-9-17-12-15-13-18-14(2)19(15)10-11-20-16-7-5-4-6-8-16/h4-8,13,17H,3,9-12H2,1-2H3. The van der Waals surface area contributed by atoms with E-state index in [0.29, 0.717) is 6.61 Å². The highest BCUT2D eigenvalue weighted by atomic mass is 16.5. The van der Waals surface area contributed by atoms with Crippen LogP contribution in [0.3, 0.4) is 0 Å². The summed E-state index contributed by atoms with van der Waals surface area (Å²) in [6, 6.07) is 9.91. The number of imidazole rings is 1. The molecule has 108 valence electrons. The Morgan fingerprint density at radius 3 is 2.80 bits per heavy atom. The van der Waals surface area contributed by atoms with E-state index in [1.165, 1.54) is 5.69 Å². The van der Waals surface area contributed by atoms with Crippen LogP contribution in [0.25, 0.3) is 0 Å². The highest BCUT2D eigenvalue weighted by Crippen LogP contribution is 2.09. The molecule has 0 radical (unpaired) electrons. The van der Waals surface area contributed by atoms with Gasteiger partial charge in [-0.25, -0.2) is 4.98 Å². The van der Waals surface area contributed by atoms with Crippen LogP contribution in [0.2, 0.25) is 0 Å². The third-order valence-electron chi connectivity index (χ3n) is 3.20. The number of hydrogen-bond donors (Lipinski definition) is 1. The van der Waals surface area contributed by atoms with Gasteiger partial charge in [0.1, 0.15) is 18.2 Å². The number of nitrogens with one attached hydrogen (secondary N) is 1. The Kier molecular flexibility index (Phi) is 5.62. The van der Waals surface area contributed by atoms with Crippen molar-refractivity contribution in [1.29, 1.82) is 0 Å². The first-order valence-electron chi connectivity index (χ1n) is 7.21. The van der Waals surface area contributed by atoms with Crippen molar-refractivity contribution < 1.29 is 4.74 Å². The molecule has 0 unspecified atom stereocenters. The quantitative estimate of drug-likeness (QED) is 0.752. The van der Waals surface area contributed by atoms with E-state index in [2.05, 4.69) is 21.8 Å². The van der Waals surface area contributed by atoms with Gasteiger partial charge in [-0.05, 0) is 32.0 Å². The van der Waals surface area contributed by atoms with E-state index in [1.807, 2.05) is 43.5 Å². The van der Waals surface area contributed by atoms with Gasteiger partial charge in [-0.3, -0.25) is 0 Å². The lowest BCUT2D eigenvalue weighted by Gasteiger charge is -2.12. The van der Waals surface area contributed by atoms with E-state index in [-0.39, 0.29) is 0 Å². The molecule has 0 aliphatic rings. The number of ether oxygens (including phenoxy) is 1. The molecule has 0 saturated carbocycles. The normalized spacial score (nSPS) is 10.7. The minimum Gasteiger partial charge on any atom is -0.492 e. The summed E-state index contributed by atoms with van der Waals surface area (Å²) in [5.41, 5.74) is 1.22. The summed E-state index contributed by atoms with van der Waals surface area (Å²) < 4.78 is 7.96. The van der Waals surface area contributed by atoms with Crippen LogP contribution in [0, 0.1) is 6.92 Å². The molecule has 1 heterocycles. The SMILES string of the molecule is CCCNCc1cnc(C)n1CCOc1ccccc1. The van der Waals surface area contributed by atoms with Crippen molar-refractivity contribution >= 4 is 0 Å². The van der Waals surface area contributed by atoms with Gasteiger partial charge in [0.15, 0.2) is 0 Å². The predicted molar refractivity (Wildman–Crippen MR) is 80.9 cm³/mol. The monoisotopic (exact) mass is 273 g/mol. The van der Waals surface area contributed by atoms with E-state index in [1.54, 1.807) is 0 Å². The Morgan fingerprint density at radius 1 is 1.25 bits per heavy atom. The van der Waals surface area contributed by atoms with Crippen LogP contribution in [0.1, 0.15) is 24.9 Å². The molecule has 4 nitrogen and oxygen atoms in total. The molecule has 1 aromatic heterocycles. The molecule has 0 amide bonds. The van der Waals surface area contributed by atoms with E-state index < -0.39 is 0 Å². The number of rotatable bonds is 8. The fraction of sp³-hybridized carbons (Fsp3) is 0.438. The summed E-state index contributed by atoms with van der Waals surface area (Å²) in [5.74, 6) is 1.95. The van der Waals surface area contributed by atoms with Gasteiger partial charge in [0, 0.05) is 12.7 Å². The second kappa shape index (κ2) is 7.70. The molecule has 0 fully saturated rings. The maximum Gasteiger partial charge on any atom is 0.119 e. The van der Waals surface area contributed by atoms with Gasteiger partial charge in [-0.1, -0.05) is 25.1 Å². The van der Waals surface area contributed by atoms with Gasteiger partial charge in [-0.2, -0.15) is 0 Å². The fourth-order valence-corrected chi connectivity index (χ4v) is 2.13. The molecule has 1 N–H and O–H groups in total. The van der Waals surface area contributed by atoms with Crippen molar-refractivity contribution in [2.24, 2.45) is 0 Å². The van der Waals surface area contributed by atoms with Crippen molar-refractivity contribution in [3.63, 3.8) is 0 Å². The van der Waals surface area contributed by atoms with E-state index in [0.717, 1.165) is 37.6 Å². The van der Waals surface area contributed by atoms with Gasteiger partial charge >= 0.3 is 0 Å². The number of aryl methyl sites for hydroxylation is 1. The Hall–Kier alpha value is -1.81. The molecular weight excluding hydrogens is 250 g/mol. The van der Waals surface area contributed by atoms with Crippen molar-refractivity contribution in [2.45, 2.75) is 33.4 Å². The van der Waals surface area contributed by atoms with Gasteiger partial charge < -0.3 is 14.6 Å². The smallest absolute Gasteiger partial charge is 0.119 e. The van der Waals surface area contributed by atoms with Crippen LogP contribution in [0.15, 0.2) is 36.5 Å². The molecule has 0 bridgehead atoms. The van der Waals surface area contributed by atoms with Crippen molar-refractivity contribution in [3.05, 3.63) is 48.0 Å². The molecule has 1 aromatic carbocycles. The summed E-state index contributed by atoms with van der Waals surface area (Å²) in [6.07, 6.45) is 3.09. The van der Waals surface area contributed by atoms with Gasteiger partial charge in [0.2, 0.25) is 0 Å². The molecule has 0 aliphatic heterocycles. The lowest BCUT2D eigenvalue weighted by Crippen LogP contribution is -2.19. The highest BCUT2D eigenvalue weighted by molar-refractivity contribution is 5.20. The number of hydrogen-bond acceptors (Lipinski definition) is 3. The molecule has 0 spiro atoms. The van der Waals surface area contributed by atoms with Crippen LogP contribution in [0.5, 0.6) is 5.75 Å².